The molecule has 106 valence electrons. The van der Waals surface area contributed by atoms with Gasteiger partial charge in [-0.05, 0) is 12.1 Å². The van der Waals surface area contributed by atoms with Crippen LogP contribution in [0.1, 0.15) is 10.4 Å². The van der Waals surface area contributed by atoms with Crippen LogP contribution in [0.2, 0.25) is 0 Å². The lowest BCUT2D eigenvalue weighted by Crippen LogP contribution is -2.32. The number of carbonyl (C=O) groups is 1. The highest BCUT2D eigenvalue weighted by Gasteiger charge is 2.30. The molecule has 5 nitrogen and oxygen atoms in total. The molecule has 0 atom stereocenters. The predicted octanol–water partition coefficient (Wildman–Crippen LogP) is 2.33. The molecule has 1 aromatic carbocycles. The summed E-state index contributed by atoms with van der Waals surface area (Å²) in [5.41, 5.74) is 0.296. The monoisotopic (exact) mass is 285 g/mol. The number of fused-ring (bicyclic) bond motifs is 1. The number of hydrogen-bond donors (Lipinski definition) is 1. The quantitative estimate of drug-likeness (QED) is 0.937. The van der Waals surface area contributed by atoms with E-state index >= 15 is 0 Å². The van der Waals surface area contributed by atoms with Crippen LogP contribution in [0.3, 0.4) is 0 Å². The summed E-state index contributed by atoms with van der Waals surface area (Å²) in [4.78, 5) is 19.5. The van der Waals surface area contributed by atoms with Crippen molar-refractivity contribution < 1.29 is 23.1 Å². The van der Waals surface area contributed by atoms with Crippen molar-refractivity contribution in [1.29, 1.82) is 0 Å². The Kier molecular flexibility index (Phi) is 3.47. The van der Waals surface area contributed by atoms with Gasteiger partial charge in [0.15, 0.2) is 0 Å². The summed E-state index contributed by atoms with van der Waals surface area (Å²) in [6, 6.07) is 4.18. The zero-order valence-corrected chi connectivity index (χ0v) is 10.3. The standard InChI is InChI=1S/C12H10F3N3O2/c1-18(6-12(13,14)15)11-16-5-8-3-2-7(10(19)20)4-9(8)17-11/h2-5H,6H2,1H3,(H,19,20). The topological polar surface area (TPSA) is 66.3 Å². The first-order valence-corrected chi connectivity index (χ1v) is 5.54. The number of alkyl halides is 3. The van der Waals surface area contributed by atoms with Gasteiger partial charge >= 0.3 is 12.1 Å². The van der Waals surface area contributed by atoms with Crippen LogP contribution >= 0.6 is 0 Å². The van der Waals surface area contributed by atoms with Crippen LogP contribution < -0.4 is 4.90 Å². The Morgan fingerprint density at radius 1 is 1.40 bits per heavy atom. The maximum atomic E-state index is 12.3. The zero-order valence-electron chi connectivity index (χ0n) is 10.3. The van der Waals surface area contributed by atoms with Crippen LogP contribution in [0.25, 0.3) is 10.9 Å². The van der Waals surface area contributed by atoms with Gasteiger partial charge in [0.2, 0.25) is 5.95 Å². The smallest absolute Gasteiger partial charge is 0.406 e. The number of aromatic carboxylic acids is 1. The van der Waals surface area contributed by atoms with Crippen LogP contribution in [0.4, 0.5) is 19.1 Å². The Bertz CT molecular complexity index is 658. The van der Waals surface area contributed by atoms with Crippen LogP contribution in [0.5, 0.6) is 0 Å². The lowest BCUT2D eigenvalue weighted by Gasteiger charge is -2.18. The molecule has 0 bridgehead atoms. The van der Waals surface area contributed by atoms with Gasteiger partial charge in [-0.15, -0.1) is 0 Å². The van der Waals surface area contributed by atoms with Crippen molar-refractivity contribution in [2.45, 2.75) is 6.18 Å². The fourth-order valence-electron chi connectivity index (χ4n) is 1.67. The molecule has 8 heteroatoms. The van der Waals surface area contributed by atoms with Gasteiger partial charge < -0.3 is 10.0 Å². The molecule has 0 aliphatic carbocycles. The lowest BCUT2D eigenvalue weighted by atomic mass is 10.1. The Hall–Kier alpha value is -2.38. The number of halogens is 3. The van der Waals surface area contributed by atoms with Gasteiger partial charge in [0.05, 0.1) is 11.1 Å². The molecule has 2 aromatic rings. The van der Waals surface area contributed by atoms with Crippen LogP contribution in [-0.2, 0) is 0 Å². The highest BCUT2D eigenvalue weighted by Crippen LogP contribution is 2.20. The molecule has 2 rings (SSSR count). The summed E-state index contributed by atoms with van der Waals surface area (Å²) in [6.45, 7) is -1.18. The number of nitrogens with zero attached hydrogens (tertiary/aromatic N) is 3. The molecule has 0 saturated carbocycles. The van der Waals surface area contributed by atoms with Crippen LogP contribution in [-0.4, -0.2) is 40.8 Å². The third-order valence-electron chi connectivity index (χ3n) is 2.57. The van der Waals surface area contributed by atoms with E-state index in [1.54, 1.807) is 0 Å². The third kappa shape index (κ3) is 3.14. The molecule has 1 heterocycles. The minimum absolute atomic E-state index is 0.0145. The first-order valence-electron chi connectivity index (χ1n) is 5.54. The second-order valence-corrected chi connectivity index (χ2v) is 4.22. The lowest BCUT2D eigenvalue weighted by molar-refractivity contribution is -0.119. The van der Waals surface area contributed by atoms with Crippen LogP contribution in [0, 0.1) is 0 Å². The highest BCUT2D eigenvalue weighted by atomic mass is 19.4. The third-order valence-corrected chi connectivity index (χ3v) is 2.57. The number of carboxylic acids is 1. The molecule has 20 heavy (non-hydrogen) atoms. The molecule has 0 radical (unpaired) electrons. The Morgan fingerprint density at radius 3 is 2.70 bits per heavy atom. The number of hydrogen-bond acceptors (Lipinski definition) is 4. The highest BCUT2D eigenvalue weighted by molar-refractivity contribution is 5.93. The second-order valence-electron chi connectivity index (χ2n) is 4.22. The Morgan fingerprint density at radius 2 is 2.10 bits per heavy atom. The van der Waals surface area contributed by atoms with Crippen molar-refractivity contribution in [2.24, 2.45) is 0 Å². The number of rotatable bonds is 3. The maximum Gasteiger partial charge on any atom is 0.406 e. The molecule has 0 unspecified atom stereocenters. The summed E-state index contributed by atoms with van der Waals surface area (Å²) < 4.78 is 36.9. The molecular weight excluding hydrogens is 275 g/mol. The SMILES string of the molecule is CN(CC(F)(F)F)c1ncc2ccc(C(=O)O)cc2n1. The van der Waals surface area contributed by atoms with Gasteiger partial charge in [-0.25, -0.2) is 14.8 Å². The fourth-order valence-corrected chi connectivity index (χ4v) is 1.67. The van der Waals surface area contributed by atoms with E-state index in [9.17, 15) is 18.0 Å². The van der Waals surface area contributed by atoms with Crippen molar-refractivity contribution in [3.05, 3.63) is 30.0 Å². The van der Waals surface area contributed by atoms with E-state index in [0.717, 1.165) is 4.90 Å². The molecule has 0 fully saturated rings. The summed E-state index contributed by atoms with van der Waals surface area (Å²) in [7, 11) is 1.22. The number of carboxylic acid groups (broad SMARTS) is 1. The number of benzene rings is 1. The van der Waals surface area contributed by atoms with Gasteiger partial charge in [0, 0.05) is 18.6 Å². The molecule has 1 N–H and O–H groups in total. The molecule has 0 saturated heterocycles. The number of aromatic nitrogens is 2. The van der Waals surface area contributed by atoms with Crippen molar-refractivity contribution in [3.63, 3.8) is 0 Å². The van der Waals surface area contributed by atoms with Crippen molar-refractivity contribution in [2.75, 3.05) is 18.5 Å². The molecule has 0 aliphatic rings. The first-order chi connectivity index (χ1) is 9.26. The molecule has 0 aliphatic heterocycles. The largest absolute Gasteiger partial charge is 0.478 e. The van der Waals surface area contributed by atoms with E-state index < -0.39 is 18.7 Å². The van der Waals surface area contributed by atoms with Crippen molar-refractivity contribution >= 4 is 22.8 Å². The van der Waals surface area contributed by atoms with Crippen molar-refractivity contribution in [3.8, 4) is 0 Å². The van der Waals surface area contributed by atoms with Crippen LogP contribution in [0.15, 0.2) is 24.4 Å². The maximum absolute atomic E-state index is 12.3. The van der Waals surface area contributed by atoms with E-state index in [-0.39, 0.29) is 17.0 Å². The van der Waals surface area contributed by atoms with Crippen molar-refractivity contribution in [1.82, 2.24) is 9.97 Å². The molecule has 0 spiro atoms. The molecule has 1 aromatic heterocycles. The van der Waals surface area contributed by atoms with Gasteiger partial charge in [-0.1, -0.05) is 6.07 Å². The minimum atomic E-state index is -4.37. The van der Waals surface area contributed by atoms with E-state index in [2.05, 4.69) is 9.97 Å². The zero-order chi connectivity index (χ0) is 14.9. The minimum Gasteiger partial charge on any atom is -0.478 e. The molecule has 0 amide bonds. The summed E-state index contributed by atoms with van der Waals surface area (Å²) in [5.74, 6) is -1.24. The fraction of sp³-hybridized carbons (Fsp3) is 0.250. The van der Waals surface area contributed by atoms with Gasteiger partial charge in [-0.2, -0.15) is 13.2 Å². The summed E-state index contributed by atoms with van der Waals surface area (Å²) >= 11 is 0. The average Bonchev–Trinajstić information content (AvgIpc) is 2.35. The summed E-state index contributed by atoms with van der Waals surface area (Å²) in [6.07, 6.45) is -3.01. The second kappa shape index (κ2) is 4.95. The molecular formula is C12H10F3N3O2. The van der Waals surface area contributed by atoms with E-state index in [0.29, 0.717) is 5.39 Å². The van der Waals surface area contributed by atoms with E-state index in [1.807, 2.05) is 0 Å². The first kappa shape index (κ1) is 14.0. The normalized spacial score (nSPS) is 11.6. The summed E-state index contributed by atoms with van der Waals surface area (Å²) in [5, 5.41) is 9.43. The predicted molar refractivity (Wildman–Crippen MR) is 65.8 cm³/mol. The van der Waals surface area contributed by atoms with Gasteiger partial charge in [0.25, 0.3) is 0 Å². The van der Waals surface area contributed by atoms with E-state index in [4.69, 9.17) is 5.11 Å². The number of anilines is 1. The van der Waals surface area contributed by atoms with Gasteiger partial charge in [0.1, 0.15) is 6.54 Å². The Labute approximate surface area is 111 Å². The Balaban J connectivity index is 2.39. The van der Waals surface area contributed by atoms with E-state index in [1.165, 1.54) is 31.4 Å². The average molecular weight is 285 g/mol. The van der Waals surface area contributed by atoms with Gasteiger partial charge in [-0.3, -0.25) is 0 Å².